The number of allylic oxidation sites excluding steroid dienone is 3. The molecule has 0 radical (unpaired) electrons. The second-order valence-electron chi connectivity index (χ2n) is 7.30. The minimum atomic E-state index is -0.709. The number of rotatable bonds is 9. The van der Waals surface area contributed by atoms with Crippen molar-refractivity contribution in [1.82, 2.24) is 20.3 Å². The minimum Gasteiger partial charge on any atom is -0.388 e. The van der Waals surface area contributed by atoms with Crippen LogP contribution in [-0.4, -0.2) is 33.3 Å². The first-order valence-electron chi connectivity index (χ1n) is 10.4. The van der Waals surface area contributed by atoms with Gasteiger partial charge < -0.3 is 21.7 Å². The molecule has 3 aromatic rings. The third-order valence-electron chi connectivity index (χ3n) is 4.96. The van der Waals surface area contributed by atoms with Crippen molar-refractivity contribution < 1.29 is 9.59 Å². The summed E-state index contributed by atoms with van der Waals surface area (Å²) < 4.78 is 0. The molecule has 0 atom stereocenters. The first-order chi connectivity index (χ1) is 16.1. The van der Waals surface area contributed by atoms with E-state index in [1.54, 1.807) is 36.9 Å². The van der Waals surface area contributed by atoms with Gasteiger partial charge in [-0.15, -0.1) is 0 Å². The maximum absolute atomic E-state index is 12.8. The Kier molecular flexibility index (Phi) is 7.06. The highest BCUT2D eigenvalue weighted by molar-refractivity contribution is 7.20. The van der Waals surface area contributed by atoms with Crippen molar-refractivity contribution in [2.24, 2.45) is 5.73 Å². The molecule has 10 heteroatoms. The monoisotopic (exact) mass is 461 g/mol. The van der Waals surface area contributed by atoms with Gasteiger partial charge in [0.15, 0.2) is 10.8 Å². The zero-order valence-corrected chi connectivity index (χ0v) is 18.6. The summed E-state index contributed by atoms with van der Waals surface area (Å²) in [5, 5.41) is 10.0. The SMILES string of the molecule is NC(=O)c1nc(Nc2cccnc2)sc1NC(=O)C1=CC=C(NCCc2ccncc2)CC1. The molecule has 0 bridgehead atoms. The van der Waals surface area contributed by atoms with E-state index in [9.17, 15) is 9.59 Å². The Hall–Kier alpha value is -4.05. The fraction of sp³-hybridized carbons (Fsp3) is 0.174. The first-order valence-corrected chi connectivity index (χ1v) is 11.2. The summed E-state index contributed by atoms with van der Waals surface area (Å²) in [5.74, 6) is -0.986. The number of hydrogen-bond donors (Lipinski definition) is 4. The Bertz CT molecular complexity index is 1190. The van der Waals surface area contributed by atoms with E-state index in [-0.39, 0.29) is 11.6 Å². The molecule has 1 aliphatic carbocycles. The summed E-state index contributed by atoms with van der Waals surface area (Å²) in [7, 11) is 0. The molecule has 33 heavy (non-hydrogen) atoms. The van der Waals surface area contributed by atoms with Crippen molar-refractivity contribution in [3.05, 3.63) is 83.7 Å². The number of aromatic nitrogens is 3. The minimum absolute atomic E-state index is 0.0187. The topological polar surface area (TPSA) is 135 Å². The Labute approximate surface area is 194 Å². The predicted molar refractivity (Wildman–Crippen MR) is 128 cm³/mol. The average Bonchev–Trinajstić information content (AvgIpc) is 3.23. The van der Waals surface area contributed by atoms with Gasteiger partial charge in [-0.25, -0.2) is 4.98 Å². The molecule has 0 aliphatic heterocycles. The van der Waals surface area contributed by atoms with Gasteiger partial charge in [0.05, 0.1) is 11.9 Å². The summed E-state index contributed by atoms with van der Waals surface area (Å²) in [4.78, 5) is 36.9. The standard InChI is InChI=1S/C23H23N7O2S/c24-20(31)19-22(33-23(29-19)28-18-2-1-10-26-14-18)30-21(32)16-3-5-17(6-4-16)27-13-9-15-7-11-25-12-8-15/h1-3,5,7-8,10-12,14,27H,4,6,9,13H2,(H2,24,31)(H,28,29)(H,30,32). The van der Waals surface area contributed by atoms with Gasteiger partial charge in [0.2, 0.25) is 0 Å². The van der Waals surface area contributed by atoms with E-state index < -0.39 is 5.91 Å². The highest BCUT2D eigenvalue weighted by atomic mass is 32.1. The number of primary amides is 1. The highest BCUT2D eigenvalue weighted by Crippen LogP contribution is 2.31. The van der Waals surface area contributed by atoms with Gasteiger partial charge in [0.25, 0.3) is 11.8 Å². The van der Waals surface area contributed by atoms with E-state index >= 15 is 0 Å². The molecule has 168 valence electrons. The number of nitrogens with two attached hydrogens (primary N) is 1. The fourth-order valence-corrected chi connectivity index (χ4v) is 4.15. The maximum Gasteiger partial charge on any atom is 0.270 e. The Morgan fingerprint density at radius 3 is 2.61 bits per heavy atom. The van der Waals surface area contributed by atoms with E-state index in [0.717, 1.165) is 36.4 Å². The molecular formula is C23H23N7O2S. The number of carbonyl (C=O) groups is 2. The van der Waals surface area contributed by atoms with E-state index in [4.69, 9.17) is 5.73 Å². The van der Waals surface area contributed by atoms with Crippen molar-refractivity contribution in [3.8, 4) is 0 Å². The molecule has 0 spiro atoms. The van der Waals surface area contributed by atoms with Crippen LogP contribution in [0, 0.1) is 0 Å². The number of hydrogen-bond acceptors (Lipinski definition) is 8. The van der Waals surface area contributed by atoms with Crippen LogP contribution in [0.15, 0.2) is 72.5 Å². The van der Waals surface area contributed by atoms with Crippen LogP contribution in [0.4, 0.5) is 15.8 Å². The summed E-state index contributed by atoms with van der Waals surface area (Å²) in [5.41, 5.74) is 9.12. The molecule has 9 nitrogen and oxygen atoms in total. The van der Waals surface area contributed by atoms with Crippen LogP contribution in [0.3, 0.4) is 0 Å². The van der Waals surface area contributed by atoms with Gasteiger partial charge >= 0.3 is 0 Å². The Balaban J connectivity index is 1.37. The Morgan fingerprint density at radius 2 is 1.91 bits per heavy atom. The van der Waals surface area contributed by atoms with Gasteiger partial charge in [-0.3, -0.25) is 19.6 Å². The number of anilines is 3. The maximum atomic E-state index is 12.8. The van der Waals surface area contributed by atoms with Crippen LogP contribution in [0.5, 0.6) is 0 Å². The van der Waals surface area contributed by atoms with Crippen LogP contribution in [0.2, 0.25) is 0 Å². The fourth-order valence-electron chi connectivity index (χ4n) is 3.26. The van der Waals surface area contributed by atoms with Crippen molar-refractivity contribution in [2.45, 2.75) is 19.3 Å². The molecule has 3 aromatic heterocycles. The normalized spacial score (nSPS) is 13.0. The highest BCUT2D eigenvalue weighted by Gasteiger charge is 2.21. The third-order valence-corrected chi connectivity index (χ3v) is 5.84. The molecule has 0 saturated heterocycles. The number of amides is 2. The van der Waals surface area contributed by atoms with Crippen molar-refractivity contribution >= 4 is 39.0 Å². The lowest BCUT2D eigenvalue weighted by molar-refractivity contribution is -0.113. The van der Waals surface area contributed by atoms with E-state index in [0.29, 0.717) is 27.8 Å². The predicted octanol–water partition coefficient (Wildman–Crippen LogP) is 3.15. The second kappa shape index (κ2) is 10.5. The van der Waals surface area contributed by atoms with Crippen molar-refractivity contribution in [3.63, 3.8) is 0 Å². The molecule has 1 aliphatic rings. The average molecular weight is 462 g/mol. The summed E-state index contributed by atoms with van der Waals surface area (Å²) in [6, 6.07) is 7.59. The van der Waals surface area contributed by atoms with Gasteiger partial charge in [0, 0.05) is 36.4 Å². The smallest absolute Gasteiger partial charge is 0.270 e. The number of thiazole rings is 1. The Morgan fingerprint density at radius 1 is 1.06 bits per heavy atom. The van der Waals surface area contributed by atoms with Gasteiger partial charge in [-0.1, -0.05) is 17.4 Å². The van der Waals surface area contributed by atoms with Crippen LogP contribution in [0.25, 0.3) is 0 Å². The second-order valence-corrected chi connectivity index (χ2v) is 8.30. The molecule has 4 rings (SSSR count). The number of pyridine rings is 2. The summed E-state index contributed by atoms with van der Waals surface area (Å²) in [6.07, 6.45) is 12.8. The lowest BCUT2D eigenvalue weighted by atomic mass is 10.0. The molecule has 0 fully saturated rings. The van der Waals surface area contributed by atoms with E-state index in [1.165, 1.54) is 5.56 Å². The quantitative estimate of drug-likeness (QED) is 0.384. The molecular weight excluding hydrogens is 438 g/mol. The van der Waals surface area contributed by atoms with Crippen LogP contribution >= 0.6 is 11.3 Å². The van der Waals surface area contributed by atoms with Crippen LogP contribution in [-0.2, 0) is 11.2 Å². The molecule has 0 saturated carbocycles. The van der Waals surface area contributed by atoms with Crippen LogP contribution in [0.1, 0.15) is 28.9 Å². The molecule has 0 aromatic carbocycles. The third kappa shape index (κ3) is 6.01. The van der Waals surface area contributed by atoms with E-state index in [1.807, 2.05) is 24.3 Å². The molecule has 2 amide bonds. The molecule has 3 heterocycles. The summed E-state index contributed by atoms with van der Waals surface area (Å²) >= 11 is 1.14. The largest absolute Gasteiger partial charge is 0.388 e. The van der Waals surface area contributed by atoms with Gasteiger partial charge in [-0.2, -0.15) is 0 Å². The summed E-state index contributed by atoms with van der Waals surface area (Å²) in [6.45, 7) is 0.806. The zero-order chi connectivity index (χ0) is 23.0. The zero-order valence-electron chi connectivity index (χ0n) is 17.7. The van der Waals surface area contributed by atoms with Crippen molar-refractivity contribution in [2.75, 3.05) is 17.2 Å². The van der Waals surface area contributed by atoms with Crippen molar-refractivity contribution in [1.29, 1.82) is 0 Å². The number of nitrogens with one attached hydrogen (secondary N) is 3. The number of carbonyl (C=O) groups excluding carboxylic acids is 2. The first kappa shape index (κ1) is 22.2. The lowest BCUT2D eigenvalue weighted by Gasteiger charge is -2.16. The molecule has 0 unspecified atom stereocenters. The number of nitrogens with zero attached hydrogens (tertiary/aromatic N) is 3. The lowest BCUT2D eigenvalue weighted by Crippen LogP contribution is -2.22. The van der Waals surface area contributed by atoms with Gasteiger partial charge in [-0.05, 0) is 55.2 Å². The molecule has 5 N–H and O–H groups in total. The van der Waals surface area contributed by atoms with Gasteiger partial charge in [0.1, 0.15) is 5.00 Å². The van der Waals surface area contributed by atoms with E-state index in [2.05, 4.69) is 30.9 Å². The van der Waals surface area contributed by atoms with Crippen LogP contribution < -0.4 is 21.7 Å².